The summed E-state index contributed by atoms with van der Waals surface area (Å²) in [5, 5.41) is 13.3. The van der Waals surface area contributed by atoms with E-state index in [4.69, 9.17) is 0 Å². The lowest BCUT2D eigenvalue weighted by atomic mass is 10.1. The molecule has 2 aromatic carbocycles. The van der Waals surface area contributed by atoms with Gasteiger partial charge in [-0.15, -0.1) is 0 Å². The Hall–Kier alpha value is -2.76. The number of rotatable bonds is 4. The number of nitro benzene ring substituents is 1. The van der Waals surface area contributed by atoms with Crippen molar-refractivity contribution < 1.29 is 14.1 Å². The van der Waals surface area contributed by atoms with Crippen LogP contribution in [0.2, 0.25) is 0 Å². The van der Waals surface area contributed by atoms with Gasteiger partial charge in [0, 0.05) is 12.1 Å². The second-order valence-corrected chi connectivity index (χ2v) is 4.57. The second kappa shape index (κ2) is 6.13. The molecule has 108 valence electrons. The minimum absolute atomic E-state index is 0.109. The van der Waals surface area contributed by atoms with Crippen LogP contribution in [0, 0.1) is 22.9 Å². The van der Waals surface area contributed by atoms with Gasteiger partial charge in [0.1, 0.15) is 5.82 Å². The van der Waals surface area contributed by atoms with Crippen LogP contribution >= 0.6 is 0 Å². The predicted octanol–water partition coefficient (Wildman–Crippen LogP) is 3.22. The summed E-state index contributed by atoms with van der Waals surface area (Å²) in [6.45, 7) is 1.72. The lowest BCUT2D eigenvalue weighted by molar-refractivity contribution is -0.384. The van der Waals surface area contributed by atoms with Crippen molar-refractivity contribution in [2.75, 3.05) is 5.32 Å². The molecule has 2 rings (SSSR count). The van der Waals surface area contributed by atoms with E-state index < -0.39 is 16.6 Å². The number of anilines is 1. The highest BCUT2D eigenvalue weighted by atomic mass is 19.1. The fourth-order valence-corrected chi connectivity index (χ4v) is 1.87. The number of halogens is 1. The summed E-state index contributed by atoms with van der Waals surface area (Å²) in [5.41, 5.74) is 1.22. The van der Waals surface area contributed by atoms with Gasteiger partial charge in [0.2, 0.25) is 5.91 Å². The number of hydrogen-bond acceptors (Lipinski definition) is 3. The molecule has 0 unspecified atom stereocenters. The molecule has 6 heteroatoms. The number of non-ortho nitro benzene ring substituents is 1. The topological polar surface area (TPSA) is 72.2 Å². The second-order valence-electron chi connectivity index (χ2n) is 4.57. The maximum absolute atomic E-state index is 13.5. The Morgan fingerprint density at radius 2 is 2.00 bits per heavy atom. The van der Waals surface area contributed by atoms with Gasteiger partial charge in [-0.1, -0.05) is 24.3 Å². The van der Waals surface area contributed by atoms with Crippen molar-refractivity contribution in [1.82, 2.24) is 0 Å². The summed E-state index contributed by atoms with van der Waals surface area (Å²) in [4.78, 5) is 22.1. The molecular formula is C15H13FN2O3. The van der Waals surface area contributed by atoms with Crippen LogP contribution in [0.3, 0.4) is 0 Å². The Labute approximate surface area is 120 Å². The molecule has 0 heterocycles. The minimum Gasteiger partial charge on any atom is -0.325 e. The van der Waals surface area contributed by atoms with Gasteiger partial charge in [0.05, 0.1) is 17.0 Å². The van der Waals surface area contributed by atoms with Crippen molar-refractivity contribution in [2.24, 2.45) is 0 Å². The van der Waals surface area contributed by atoms with Crippen molar-refractivity contribution in [3.05, 3.63) is 69.5 Å². The molecule has 21 heavy (non-hydrogen) atoms. The van der Waals surface area contributed by atoms with E-state index in [1.165, 1.54) is 24.3 Å². The Morgan fingerprint density at radius 3 is 2.67 bits per heavy atom. The van der Waals surface area contributed by atoms with E-state index in [1.54, 1.807) is 25.1 Å². The van der Waals surface area contributed by atoms with Crippen LogP contribution in [-0.2, 0) is 11.2 Å². The third kappa shape index (κ3) is 3.62. The normalized spacial score (nSPS) is 10.2. The number of nitro groups is 1. The van der Waals surface area contributed by atoms with Gasteiger partial charge in [-0.3, -0.25) is 14.9 Å². The van der Waals surface area contributed by atoms with Crippen LogP contribution in [0.4, 0.5) is 15.8 Å². The van der Waals surface area contributed by atoms with Crippen LogP contribution in [0.15, 0.2) is 42.5 Å². The van der Waals surface area contributed by atoms with Crippen molar-refractivity contribution >= 4 is 17.3 Å². The molecule has 0 saturated heterocycles. The Kier molecular flexibility index (Phi) is 4.27. The predicted molar refractivity (Wildman–Crippen MR) is 76.6 cm³/mol. The number of hydrogen-bond donors (Lipinski definition) is 1. The third-order valence-electron chi connectivity index (χ3n) is 3.01. The quantitative estimate of drug-likeness (QED) is 0.693. The highest BCUT2D eigenvalue weighted by molar-refractivity contribution is 5.93. The van der Waals surface area contributed by atoms with Crippen LogP contribution in [-0.4, -0.2) is 10.8 Å². The highest BCUT2D eigenvalue weighted by Gasteiger charge is 2.12. The number of amides is 1. The molecule has 0 aliphatic carbocycles. The van der Waals surface area contributed by atoms with E-state index in [9.17, 15) is 19.3 Å². The molecule has 2 aromatic rings. The first-order chi connectivity index (χ1) is 9.97. The number of nitrogens with one attached hydrogen (secondary N) is 1. The zero-order valence-electron chi connectivity index (χ0n) is 11.3. The average molecular weight is 288 g/mol. The van der Waals surface area contributed by atoms with Gasteiger partial charge in [-0.25, -0.2) is 4.39 Å². The van der Waals surface area contributed by atoms with E-state index in [0.717, 1.165) is 0 Å². The number of carbonyl (C=O) groups excluding carboxylic acids is 1. The number of benzene rings is 2. The zero-order valence-corrected chi connectivity index (χ0v) is 11.3. The molecule has 0 aliphatic rings. The fraction of sp³-hybridized carbons (Fsp3) is 0.133. The number of carbonyl (C=O) groups is 1. The van der Waals surface area contributed by atoms with E-state index in [-0.39, 0.29) is 17.7 Å². The monoisotopic (exact) mass is 288 g/mol. The molecule has 0 bridgehead atoms. The first-order valence-corrected chi connectivity index (χ1v) is 6.25. The molecule has 1 N–H and O–H groups in total. The maximum atomic E-state index is 13.5. The van der Waals surface area contributed by atoms with Crippen LogP contribution in [0.1, 0.15) is 11.1 Å². The molecule has 0 radical (unpaired) electrons. The minimum atomic E-state index is -0.536. The first-order valence-electron chi connectivity index (χ1n) is 6.25. The molecule has 5 nitrogen and oxygen atoms in total. The molecule has 1 amide bonds. The van der Waals surface area contributed by atoms with Gasteiger partial charge in [0.25, 0.3) is 5.69 Å². The summed E-state index contributed by atoms with van der Waals surface area (Å²) in [5.74, 6) is -0.882. The van der Waals surface area contributed by atoms with Crippen molar-refractivity contribution in [2.45, 2.75) is 13.3 Å². The van der Waals surface area contributed by atoms with Gasteiger partial charge >= 0.3 is 0 Å². The van der Waals surface area contributed by atoms with Crippen molar-refractivity contribution in [3.8, 4) is 0 Å². The van der Waals surface area contributed by atoms with E-state index in [0.29, 0.717) is 11.3 Å². The molecule has 0 atom stereocenters. The van der Waals surface area contributed by atoms with Crippen molar-refractivity contribution in [1.29, 1.82) is 0 Å². The van der Waals surface area contributed by atoms with E-state index in [1.807, 2.05) is 0 Å². The Morgan fingerprint density at radius 1 is 1.29 bits per heavy atom. The molecule has 0 aromatic heterocycles. The van der Waals surface area contributed by atoms with Crippen molar-refractivity contribution in [3.63, 3.8) is 0 Å². The Balaban J connectivity index is 2.15. The molecule has 0 spiro atoms. The summed E-state index contributed by atoms with van der Waals surface area (Å²) >= 11 is 0. The van der Waals surface area contributed by atoms with Gasteiger partial charge in [0.15, 0.2) is 0 Å². The fourth-order valence-electron chi connectivity index (χ4n) is 1.87. The Bertz CT molecular complexity index is 701. The lowest BCUT2D eigenvalue weighted by Crippen LogP contribution is -2.16. The summed E-state index contributed by atoms with van der Waals surface area (Å²) in [6, 6.07) is 10.2. The standard InChI is InChI=1S/C15H13FN2O3/c1-10-6-7-12(18(20)21)9-14(10)17-15(19)8-11-4-2-3-5-13(11)16/h2-7,9H,8H2,1H3,(H,17,19). The SMILES string of the molecule is Cc1ccc([N+](=O)[O-])cc1NC(=O)Cc1ccccc1F. The van der Waals surface area contributed by atoms with Gasteiger partial charge < -0.3 is 5.32 Å². The van der Waals surface area contributed by atoms with Gasteiger partial charge in [-0.05, 0) is 24.1 Å². The first kappa shape index (κ1) is 14.6. The molecular weight excluding hydrogens is 275 g/mol. The zero-order chi connectivity index (χ0) is 15.4. The summed E-state index contributed by atoms with van der Waals surface area (Å²) < 4.78 is 13.5. The summed E-state index contributed by atoms with van der Waals surface area (Å²) in [7, 11) is 0. The summed E-state index contributed by atoms with van der Waals surface area (Å²) in [6.07, 6.45) is -0.130. The smallest absolute Gasteiger partial charge is 0.271 e. The van der Waals surface area contributed by atoms with Crippen LogP contribution in [0.25, 0.3) is 0 Å². The van der Waals surface area contributed by atoms with Crippen LogP contribution < -0.4 is 5.32 Å². The number of nitrogens with zero attached hydrogens (tertiary/aromatic N) is 1. The highest BCUT2D eigenvalue weighted by Crippen LogP contribution is 2.22. The maximum Gasteiger partial charge on any atom is 0.271 e. The van der Waals surface area contributed by atoms with E-state index in [2.05, 4.69) is 5.32 Å². The third-order valence-corrected chi connectivity index (χ3v) is 3.01. The lowest BCUT2D eigenvalue weighted by Gasteiger charge is -2.08. The number of aryl methyl sites for hydroxylation is 1. The molecule has 0 aliphatic heterocycles. The molecule has 0 fully saturated rings. The average Bonchev–Trinajstić information content (AvgIpc) is 2.43. The largest absolute Gasteiger partial charge is 0.325 e. The van der Waals surface area contributed by atoms with E-state index >= 15 is 0 Å². The molecule has 0 saturated carbocycles. The van der Waals surface area contributed by atoms with Crippen LogP contribution in [0.5, 0.6) is 0 Å². The van der Waals surface area contributed by atoms with Gasteiger partial charge in [-0.2, -0.15) is 0 Å².